The smallest absolute Gasteiger partial charge is 0.416 e. The topological polar surface area (TPSA) is 93.5 Å². The van der Waals surface area contributed by atoms with E-state index in [0.29, 0.717) is 11.1 Å². The van der Waals surface area contributed by atoms with Gasteiger partial charge in [0, 0.05) is 13.7 Å². The Labute approximate surface area is 216 Å². The molecule has 0 aliphatic heterocycles. The third-order valence-corrected chi connectivity index (χ3v) is 5.69. The van der Waals surface area contributed by atoms with Gasteiger partial charge in [-0.05, 0) is 66.8 Å². The van der Waals surface area contributed by atoms with Crippen molar-refractivity contribution in [3.63, 3.8) is 0 Å². The molecule has 0 bridgehead atoms. The fraction of sp³-hybridized carbons (Fsp3) is 0.269. The van der Waals surface area contributed by atoms with Gasteiger partial charge in [-0.3, -0.25) is 4.79 Å². The normalized spacial score (nSPS) is 11.5. The zero-order chi connectivity index (χ0) is 27.4. The minimum Gasteiger partial charge on any atom is -0.478 e. The van der Waals surface area contributed by atoms with E-state index >= 15 is 0 Å². The average molecular weight is 534 g/mol. The maximum Gasteiger partial charge on any atom is 0.416 e. The molecule has 37 heavy (non-hydrogen) atoms. The molecule has 2 N–H and O–H groups in total. The van der Waals surface area contributed by atoms with E-state index in [-0.39, 0.29) is 35.3 Å². The van der Waals surface area contributed by atoms with E-state index in [0.717, 1.165) is 12.1 Å². The fourth-order valence-electron chi connectivity index (χ4n) is 3.16. The molecule has 3 aromatic rings. The van der Waals surface area contributed by atoms with E-state index in [1.165, 1.54) is 35.9 Å². The summed E-state index contributed by atoms with van der Waals surface area (Å²) in [5.41, 5.74) is -0.340. The minimum atomic E-state index is -4.48. The highest BCUT2D eigenvalue weighted by Crippen LogP contribution is 2.29. The van der Waals surface area contributed by atoms with Crippen LogP contribution < -0.4 is 5.32 Å². The molecule has 11 heteroatoms. The molecule has 1 amide bonds. The molecule has 0 aliphatic rings. The number of carboxylic acid groups (broad SMARTS) is 1. The molecule has 2 aromatic carbocycles. The summed E-state index contributed by atoms with van der Waals surface area (Å²) in [5.74, 6) is 4.04. The Bertz CT molecular complexity index is 1350. The number of nitrogens with one attached hydrogen (secondary N) is 1. The van der Waals surface area contributed by atoms with Crippen LogP contribution in [-0.2, 0) is 24.0 Å². The number of rotatable bonds is 7. The standard InChI is InChI=1S/C26H23ClF3N3O4/c1-25(2,37-3)13-12-20-21(22(34)31-14-16-4-8-18(9-5-16)23(35)36)33(24(27)32-20)15-17-6-10-19(11-7-17)26(28,29)30/h4-11H,14-15H2,1-3H3,(H,31,34)(H,35,36). The van der Waals surface area contributed by atoms with Crippen molar-refractivity contribution in [2.75, 3.05) is 7.11 Å². The predicted octanol–water partition coefficient (Wildman–Crippen LogP) is 5.01. The maximum atomic E-state index is 13.2. The summed E-state index contributed by atoms with van der Waals surface area (Å²) in [7, 11) is 1.48. The van der Waals surface area contributed by atoms with Crippen LogP contribution in [0.25, 0.3) is 0 Å². The number of aromatic nitrogens is 2. The highest BCUT2D eigenvalue weighted by molar-refractivity contribution is 6.29. The first-order valence-electron chi connectivity index (χ1n) is 10.9. The number of nitrogens with zero attached hydrogens (tertiary/aromatic N) is 2. The third kappa shape index (κ3) is 7.12. The molecule has 1 heterocycles. The monoisotopic (exact) mass is 533 g/mol. The quantitative estimate of drug-likeness (QED) is 0.417. The number of aromatic carboxylic acids is 1. The Hall–Kier alpha value is -3.81. The SMILES string of the molecule is COC(C)(C)C#Cc1nc(Cl)n(Cc2ccc(C(F)(F)F)cc2)c1C(=O)NCc1ccc(C(=O)O)cc1. The molecule has 0 atom stereocenters. The van der Waals surface area contributed by atoms with Crippen LogP contribution in [0, 0.1) is 11.8 Å². The summed E-state index contributed by atoms with van der Waals surface area (Å²) in [6.45, 7) is 3.48. The van der Waals surface area contributed by atoms with E-state index in [1.807, 2.05) is 0 Å². The van der Waals surface area contributed by atoms with Gasteiger partial charge in [-0.1, -0.05) is 30.2 Å². The molecular weight excluding hydrogens is 511 g/mol. The minimum absolute atomic E-state index is 0.0199. The van der Waals surface area contributed by atoms with Gasteiger partial charge in [-0.25, -0.2) is 9.78 Å². The van der Waals surface area contributed by atoms with E-state index in [9.17, 15) is 22.8 Å². The van der Waals surface area contributed by atoms with Crippen LogP contribution in [0.15, 0.2) is 48.5 Å². The second-order valence-corrected chi connectivity index (χ2v) is 8.85. The number of carboxylic acids is 1. The van der Waals surface area contributed by atoms with Crippen LogP contribution >= 0.6 is 11.6 Å². The molecule has 7 nitrogen and oxygen atoms in total. The molecule has 0 unspecified atom stereocenters. The number of halogens is 4. The number of carbonyl (C=O) groups excluding carboxylic acids is 1. The first kappa shape index (κ1) is 27.8. The van der Waals surface area contributed by atoms with Crippen molar-refractivity contribution in [1.29, 1.82) is 0 Å². The van der Waals surface area contributed by atoms with Crippen molar-refractivity contribution in [2.24, 2.45) is 0 Å². The average Bonchev–Trinajstić information content (AvgIpc) is 3.16. The van der Waals surface area contributed by atoms with Crippen LogP contribution in [0.3, 0.4) is 0 Å². The van der Waals surface area contributed by atoms with Crippen molar-refractivity contribution in [3.05, 3.63) is 87.5 Å². The first-order chi connectivity index (χ1) is 17.3. The number of alkyl halides is 3. The molecule has 0 fully saturated rings. The van der Waals surface area contributed by atoms with Crippen LogP contribution in [0.1, 0.15) is 57.1 Å². The van der Waals surface area contributed by atoms with Gasteiger partial charge in [0.05, 0.1) is 17.7 Å². The van der Waals surface area contributed by atoms with Crippen LogP contribution in [0.4, 0.5) is 13.2 Å². The van der Waals surface area contributed by atoms with Crippen molar-refractivity contribution >= 4 is 23.5 Å². The number of amides is 1. The summed E-state index contributed by atoms with van der Waals surface area (Å²) in [4.78, 5) is 28.5. The van der Waals surface area contributed by atoms with Gasteiger partial charge >= 0.3 is 12.1 Å². The summed E-state index contributed by atoms with van der Waals surface area (Å²) in [5, 5.41) is 11.7. The molecule has 0 saturated heterocycles. The van der Waals surface area contributed by atoms with E-state index in [2.05, 4.69) is 22.1 Å². The second kappa shape index (κ2) is 11.1. The van der Waals surface area contributed by atoms with E-state index in [1.54, 1.807) is 26.0 Å². The number of benzene rings is 2. The Kier molecular flexibility index (Phi) is 8.31. The number of imidazole rings is 1. The fourth-order valence-corrected chi connectivity index (χ4v) is 3.39. The van der Waals surface area contributed by atoms with E-state index < -0.39 is 29.2 Å². The lowest BCUT2D eigenvalue weighted by Gasteiger charge is -2.14. The van der Waals surface area contributed by atoms with Gasteiger partial charge < -0.3 is 19.7 Å². The highest BCUT2D eigenvalue weighted by Gasteiger charge is 2.30. The Morgan fingerprint density at radius 2 is 1.68 bits per heavy atom. The lowest BCUT2D eigenvalue weighted by molar-refractivity contribution is -0.137. The molecule has 194 valence electrons. The Morgan fingerprint density at radius 3 is 2.22 bits per heavy atom. The lowest BCUT2D eigenvalue weighted by Crippen LogP contribution is -2.27. The summed E-state index contributed by atoms with van der Waals surface area (Å²) in [6, 6.07) is 10.5. The third-order valence-electron chi connectivity index (χ3n) is 5.40. The molecule has 0 radical (unpaired) electrons. The number of hydrogen-bond donors (Lipinski definition) is 2. The number of methoxy groups -OCH3 is 1. The predicted molar refractivity (Wildman–Crippen MR) is 130 cm³/mol. The van der Waals surface area contributed by atoms with Gasteiger partial charge in [0.1, 0.15) is 17.0 Å². The van der Waals surface area contributed by atoms with Crippen LogP contribution in [0.2, 0.25) is 5.28 Å². The van der Waals surface area contributed by atoms with Crippen molar-refractivity contribution in [3.8, 4) is 11.8 Å². The molecule has 1 aromatic heterocycles. The second-order valence-electron chi connectivity index (χ2n) is 8.51. The Morgan fingerprint density at radius 1 is 1.08 bits per heavy atom. The highest BCUT2D eigenvalue weighted by atomic mass is 35.5. The van der Waals surface area contributed by atoms with Gasteiger partial charge in [0.25, 0.3) is 5.91 Å². The van der Waals surface area contributed by atoms with Gasteiger partial charge in [0.15, 0.2) is 0 Å². The van der Waals surface area contributed by atoms with Gasteiger partial charge in [0.2, 0.25) is 5.28 Å². The van der Waals surface area contributed by atoms with Crippen molar-refractivity contribution in [1.82, 2.24) is 14.9 Å². The number of hydrogen-bond acceptors (Lipinski definition) is 4. The van der Waals surface area contributed by atoms with Crippen molar-refractivity contribution < 1.29 is 32.6 Å². The molecule has 0 spiro atoms. The molecule has 0 saturated carbocycles. The Balaban J connectivity index is 1.94. The maximum absolute atomic E-state index is 13.2. The molecule has 3 rings (SSSR count). The summed E-state index contributed by atoms with van der Waals surface area (Å²) < 4.78 is 45.5. The van der Waals surface area contributed by atoms with Gasteiger partial charge in [-0.15, -0.1) is 0 Å². The van der Waals surface area contributed by atoms with Crippen LogP contribution in [0.5, 0.6) is 0 Å². The lowest BCUT2D eigenvalue weighted by atomic mass is 10.1. The van der Waals surface area contributed by atoms with E-state index in [4.69, 9.17) is 21.4 Å². The zero-order valence-electron chi connectivity index (χ0n) is 20.1. The molecular formula is C26H23ClF3N3O4. The number of ether oxygens (including phenoxy) is 1. The number of carbonyl (C=O) groups is 2. The van der Waals surface area contributed by atoms with Crippen molar-refractivity contribution in [2.45, 2.75) is 38.7 Å². The van der Waals surface area contributed by atoms with Gasteiger partial charge in [-0.2, -0.15) is 13.2 Å². The van der Waals surface area contributed by atoms with Crippen LogP contribution in [-0.4, -0.2) is 39.2 Å². The zero-order valence-corrected chi connectivity index (χ0v) is 20.9. The summed E-state index contributed by atoms with van der Waals surface area (Å²) in [6.07, 6.45) is -4.48. The summed E-state index contributed by atoms with van der Waals surface area (Å²) >= 11 is 6.33. The molecule has 0 aliphatic carbocycles. The largest absolute Gasteiger partial charge is 0.478 e. The first-order valence-corrected chi connectivity index (χ1v) is 11.3.